The lowest BCUT2D eigenvalue weighted by atomic mass is 9.73. The van der Waals surface area contributed by atoms with Crippen molar-refractivity contribution in [2.45, 2.75) is 55.7 Å². The summed E-state index contributed by atoms with van der Waals surface area (Å²) in [6.07, 6.45) is 7.13. The molecule has 2 aliphatic heterocycles. The van der Waals surface area contributed by atoms with Crippen molar-refractivity contribution in [1.82, 2.24) is 9.88 Å². The van der Waals surface area contributed by atoms with Crippen LogP contribution in [0.4, 0.5) is 4.79 Å². The molecule has 2 unspecified atom stereocenters. The Kier molecular flexibility index (Phi) is 4.95. The molecule has 1 amide bonds. The quantitative estimate of drug-likeness (QED) is 0.605. The highest BCUT2D eigenvalue weighted by Gasteiger charge is 2.49. The molecule has 1 N–H and O–H groups in total. The minimum atomic E-state index is -0.940. The molecule has 3 heterocycles. The van der Waals surface area contributed by atoms with Crippen LogP contribution in [-0.2, 0) is 10.3 Å². The third kappa shape index (κ3) is 3.42. The van der Waals surface area contributed by atoms with Crippen LogP contribution in [0.15, 0.2) is 73.1 Å². The number of carbonyl (C=O) groups is 1. The number of hydrogen-bond acceptors (Lipinski definition) is 4. The van der Waals surface area contributed by atoms with Crippen molar-refractivity contribution in [3.05, 3.63) is 89.7 Å². The summed E-state index contributed by atoms with van der Waals surface area (Å²) in [5.74, 6) is 0.0540. The number of nitrogens with zero attached hydrogens (tertiary/aromatic N) is 2. The molecule has 1 aromatic heterocycles. The van der Waals surface area contributed by atoms with E-state index in [9.17, 15) is 9.90 Å². The van der Waals surface area contributed by atoms with E-state index in [1.165, 1.54) is 22.3 Å². The first kappa shape index (κ1) is 20.4. The Balaban J connectivity index is 1.21. The fourth-order valence-corrected chi connectivity index (χ4v) is 6.27. The Morgan fingerprint density at radius 1 is 0.970 bits per heavy atom. The fourth-order valence-electron chi connectivity index (χ4n) is 6.27. The van der Waals surface area contributed by atoms with Gasteiger partial charge < -0.3 is 14.7 Å². The van der Waals surface area contributed by atoms with E-state index in [4.69, 9.17) is 4.74 Å². The summed E-state index contributed by atoms with van der Waals surface area (Å²) >= 11 is 0. The van der Waals surface area contributed by atoms with Gasteiger partial charge in [-0.3, -0.25) is 4.98 Å². The highest BCUT2D eigenvalue weighted by molar-refractivity contribution is 5.79. The average molecular weight is 441 g/mol. The van der Waals surface area contributed by atoms with Gasteiger partial charge in [0, 0.05) is 48.8 Å². The predicted octanol–water partition coefficient (Wildman–Crippen LogP) is 5.24. The number of pyridine rings is 1. The van der Waals surface area contributed by atoms with E-state index in [0.717, 1.165) is 24.8 Å². The first-order valence-electron chi connectivity index (χ1n) is 11.9. The number of amides is 1. The first-order chi connectivity index (χ1) is 16.1. The SMILES string of the molecule is O=C(OCC1c2ccccc2-c2ccccc21)N1C2CCCC1CC(O)(c1cccnc1)C2. The minimum Gasteiger partial charge on any atom is -0.448 e. The molecule has 2 saturated heterocycles. The van der Waals surface area contributed by atoms with Gasteiger partial charge in [-0.1, -0.05) is 54.6 Å². The summed E-state index contributed by atoms with van der Waals surface area (Å²) in [5, 5.41) is 11.5. The number of aromatic nitrogens is 1. The van der Waals surface area contributed by atoms with Gasteiger partial charge in [0.2, 0.25) is 0 Å². The van der Waals surface area contributed by atoms with Crippen LogP contribution >= 0.6 is 0 Å². The second-order valence-corrected chi connectivity index (χ2v) is 9.63. The van der Waals surface area contributed by atoms with E-state index < -0.39 is 5.60 Å². The van der Waals surface area contributed by atoms with Crippen molar-refractivity contribution in [2.75, 3.05) is 6.61 Å². The number of aliphatic hydroxyl groups is 1. The van der Waals surface area contributed by atoms with Crippen molar-refractivity contribution >= 4 is 6.09 Å². The van der Waals surface area contributed by atoms with Gasteiger partial charge in [0.05, 0.1) is 5.60 Å². The molecular weight excluding hydrogens is 412 g/mol. The largest absolute Gasteiger partial charge is 0.448 e. The summed E-state index contributed by atoms with van der Waals surface area (Å²) in [6, 6.07) is 20.5. The molecule has 168 valence electrons. The number of fused-ring (bicyclic) bond motifs is 5. The van der Waals surface area contributed by atoms with Crippen molar-refractivity contribution < 1.29 is 14.6 Å². The lowest BCUT2D eigenvalue weighted by molar-refractivity contribution is -0.0892. The second kappa shape index (κ2) is 7.99. The van der Waals surface area contributed by atoms with E-state index >= 15 is 0 Å². The number of piperidine rings is 2. The molecule has 0 saturated carbocycles. The summed E-state index contributed by atoms with van der Waals surface area (Å²) < 4.78 is 5.98. The van der Waals surface area contributed by atoms with Crippen molar-refractivity contribution in [2.24, 2.45) is 0 Å². The van der Waals surface area contributed by atoms with Gasteiger partial charge in [0.15, 0.2) is 0 Å². The van der Waals surface area contributed by atoms with E-state index in [2.05, 4.69) is 41.4 Å². The van der Waals surface area contributed by atoms with Crippen LogP contribution in [-0.4, -0.2) is 39.8 Å². The predicted molar refractivity (Wildman–Crippen MR) is 126 cm³/mol. The van der Waals surface area contributed by atoms with Gasteiger partial charge in [-0.25, -0.2) is 4.79 Å². The standard InChI is InChI=1S/C28H28N2O3/c31-27(33-18-26-24-12-3-1-10-22(24)23-11-2-4-13-25(23)26)30-20-8-5-9-21(30)16-28(32,15-20)19-7-6-14-29-17-19/h1-4,6-7,10-14,17,20-21,26,32H,5,8-9,15-16,18H2. The molecule has 5 nitrogen and oxygen atoms in total. The Hall–Kier alpha value is -3.18. The van der Waals surface area contributed by atoms with Gasteiger partial charge in [0.1, 0.15) is 6.61 Å². The lowest BCUT2D eigenvalue weighted by Gasteiger charge is -2.51. The number of rotatable bonds is 3. The van der Waals surface area contributed by atoms with Crippen LogP contribution in [0.3, 0.4) is 0 Å². The van der Waals surface area contributed by atoms with Gasteiger partial charge in [-0.2, -0.15) is 0 Å². The van der Waals surface area contributed by atoms with Gasteiger partial charge in [-0.05, 0) is 47.6 Å². The van der Waals surface area contributed by atoms with Crippen LogP contribution < -0.4 is 0 Å². The molecule has 0 radical (unpaired) electrons. The van der Waals surface area contributed by atoms with E-state index in [-0.39, 0.29) is 24.1 Å². The van der Waals surface area contributed by atoms with E-state index in [1.54, 1.807) is 12.4 Å². The van der Waals surface area contributed by atoms with Gasteiger partial charge in [-0.15, -0.1) is 0 Å². The zero-order valence-electron chi connectivity index (χ0n) is 18.6. The molecule has 3 aliphatic rings. The molecule has 1 aliphatic carbocycles. The number of carbonyl (C=O) groups excluding carboxylic acids is 1. The fraction of sp³-hybridized carbons (Fsp3) is 0.357. The van der Waals surface area contributed by atoms with Crippen LogP contribution in [0, 0.1) is 0 Å². The topological polar surface area (TPSA) is 62.7 Å². The highest BCUT2D eigenvalue weighted by Crippen LogP contribution is 2.46. The zero-order valence-corrected chi connectivity index (χ0v) is 18.6. The Morgan fingerprint density at radius 3 is 2.21 bits per heavy atom. The third-order valence-corrected chi connectivity index (χ3v) is 7.75. The molecule has 6 rings (SSSR count). The van der Waals surface area contributed by atoms with E-state index in [1.807, 2.05) is 29.2 Å². The smallest absolute Gasteiger partial charge is 0.410 e. The minimum absolute atomic E-state index is 0.0154. The summed E-state index contributed by atoms with van der Waals surface area (Å²) in [6.45, 7) is 0.329. The number of ether oxygens (including phenoxy) is 1. The van der Waals surface area contributed by atoms with Crippen LogP contribution in [0.1, 0.15) is 54.7 Å². The maximum absolute atomic E-state index is 13.3. The first-order valence-corrected chi connectivity index (χ1v) is 11.9. The Labute approximate surface area is 194 Å². The molecule has 2 atom stereocenters. The molecule has 2 bridgehead atoms. The molecule has 0 spiro atoms. The van der Waals surface area contributed by atoms with Crippen LogP contribution in [0.25, 0.3) is 11.1 Å². The Morgan fingerprint density at radius 2 is 1.61 bits per heavy atom. The maximum atomic E-state index is 13.3. The summed E-state index contributed by atoms with van der Waals surface area (Å²) in [7, 11) is 0. The van der Waals surface area contributed by atoms with E-state index in [0.29, 0.717) is 19.4 Å². The average Bonchev–Trinajstić information content (AvgIpc) is 3.16. The third-order valence-electron chi connectivity index (χ3n) is 7.75. The molecular formula is C28H28N2O3. The van der Waals surface area contributed by atoms with Crippen molar-refractivity contribution in [3.8, 4) is 11.1 Å². The van der Waals surface area contributed by atoms with Crippen LogP contribution in [0.2, 0.25) is 0 Å². The van der Waals surface area contributed by atoms with Crippen molar-refractivity contribution in [1.29, 1.82) is 0 Å². The molecule has 3 aromatic rings. The molecule has 5 heteroatoms. The number of hydrogen-bond donors (Lipinski definition) is 1. The highest BCUT2D eigenvalue weighted by atomic mass is 16.6. The normalized spacial score (nSPS) is 25.9. The van der Waals surface area contributed by atoms with Crippen LogP contribution in [0.5, 0.6) is 0 Å². The monoisotopic (exact) mass is 440 g/mol. The summed E-state index contributed by atoms with van der Waals surface area (Å²) in [5.41, 5.74) is 4.79. The molecule has 2 aromatic carbocycles. The van der Waals surface area contributed by atoms with Crippen molar-refractivity contribution in [3.63, 3.8) is 0 Å². The maximum Gasteiger partial charge on any atom is 0.410 e. The van der Waals surface area contributed by atoms with Gasteiger partial charge in [0.25, 0.3) is 0 Å². The zero-order chi connectivity index (χ0) is 22.4. The Bertz CT molecular complexity index is 1120. The van der Waals surface area contributed by atoms with Gasteiger partial charge >= 0.3 is 6.09 Å². The second-order valence-electron chi connectivity index (χ2n) is 9.63. The molecule has 33 heavy (non-hydrogen) atoms. The molecule has 2 fully saturated rings. The lowest BCUT2D eigenvalue weighted by Crippen LogP contribution is -2.59. The summed E-state index contributed by atoms with van der Waals surface area (Å²) in [4.78, 5) is 19.5. The number of benzene rings is 2.